The molecular formula is C20H25N3O3S. The van der Waals surface area contributed by atoms with E-state index in [-0.39, 0.29) is 16.7 Å². The second-order valence-corrected chi connectivity index (χ2v) is 9.00. The Hall–Kier alpha value is -2.25. The van der Waals surface area contributed by atoms with Crippen LogP contribution in [0.4, 0.5) is 0 Å². The second-order valence-electron chi connectivity index (χ2n) is 7.06. The van der Waals surface area contributed by atoms with Gasteiger partial charge in [-0.25, -0.2) is 8.42 Å². The number of nitrogens with zero attached hydrogens (tertiary/aromatic N) is 2. The van der Waals surface area contributed by atoms with Crippen molar-refractivity contribution in [2.75, 3.05) is 19.6 Å². The van der Waals surface area contributed by atoms with Crippen LogP contribution in [0.15, 0.2) is 47.6 Å². The van der Waals surface area contributed by atoms with Gasteiger partial charge in [0, 0.05) is 37.6 Å². The lowest BCUT2D eigenvalue weighted by molar-refractivity contribution is 0.0941. The molecule has 0 saturated carbocycles. The number of piperidine rings is 1. The highest BCUT2D eigenvalue weighted by Gasteiger charge is 2.29. The van der Waals surface area contributed by atoms with E-state index in [1.165, 1.54) is 10.5 Å². The summed E-state index contributed by atoms with van der Waals surface area (Å²) >= 11 is 0. The van der Waals surface area contributed by atoms with E-state index in [4.69, 9.17) is 0 Å². The number of benzene rings is 1. The van der Waals surface area contributed by atoms with Gasteiger partial charge in [0.25, 0.3) is 5.91 Å². The van der Waals surface area contributed by atoms with Crippen LogP contribution in [-0.4, -0.2) is 43.2 Å². The van der Waals surface area contributed by atoms with Crippen molar-refractivity contribution in [3.63, 3.8) is 0 Å². The smallest absolute Gasteiger partial charge is 0.251 e. The largest absolute Gasteiger partial charge is 0.352 e. The van der Waals surface area contributed by atoms with E-state index in [0.717, 1.165) is 24.0 Å². The quantitative estimate of drug-likeness (QED) is 0.855. The van der Waals surface area contributed by atoms with E-state index < -0.39 is 10.0 Å². The van der Waals surface area contributed by atoms with Gasteiger partial charge in [-0.3, -0.25) is 9.78 Å². The van der Waals surface area contributed by atoms with E-state index in [9.17, 15) is 13.2 Å². The molecule has 27 heavy (non-hydrogen) atoms. The Bertz CT molecular complexity index is 905. The molecule has 7 heteroatoms. The third-order valence-electron chi connectivity index (χ3n) is 5.02. The number of rotatable bonds is 5. The van der Waals surface area contributed by atoms with Crippen LogP contribution in [0.25, 0.3) is 0 Å². The van der Waals surface area contributed by atoms with Crippen LogP contribution in [0.3, 0.4) is 0 Å². The zero-order valence-electron chi connectivity index (χ0n) is 15.7. The van der Waals surface area contributed by atoms with Crippen LogP contribution in [0.5, 0.6) is 0 Å². The Labute approximate surface area is 160 Å². The van der Waals surface area contributed by atoms with Gasteiger partial charge in [-0.15, -0.1) is 0 Å². The van der Waals surface area contributed by atoms with Crippen LogP contribution in [0.2, 0.25) is 0 Å². The lowest BCUT2D eigenvalue weighted by atomic mass is 9.98. The average molecular weight is 388 g/mol. The summed E-state index contributed by atoms with van der Waals surface area (Å²) in [4.78, 5) is 16.5. The molecule has 1 aliphatic rings. The molecule has 1 fully saturated rings. The normalized spacial score (nSPS) is 16.2. The maximum absolute atomic E-state index is 12.6. The fraction of sp³-hybridized carbons (Fsp3) is 0.400. The SMILES string of the molecule is Cc1ccc(C(=O)NCC2CCN(S(=O)(=O)c3cccnc3)CC2)c(C)c1. The highest BCUT2D eigenvalue weighted by Crippen LogP contribution is 2.23. The molecule has 6 nitrogen and oxygen atoms in total. The number of carbonyl (C=O) groups is 1. The van der Waals surface area contributed by atoms with Crippen LogP contribution < -0.4 is 5.32 Å². The minimum absolute atomic E-state index is 0.0714. The molecule has 0 atom stereocenters. The van der Waals surface area contributed by atoms with Crippen LogP contribution in [-0.2, 0) is 10.0 Å². The molecule has 0 bridgehead atoms. The predicted molar refractivity (Wildman–Crippen MR) is 104 cm³/mol. The maximum atomic E-state index is 12.6. The van der Waals surface area contributed by atoms with E-state index >= 15 is 0 Å². The van der Waals surface area contributed by atoms with Gasteiger partial charge in [0.15, 0.2) is 0 Å². The molecule has 2 aromatic rings. The monoisotopic (exact) mass is 387 g/mol. The molecule has 2 heterocycles. The van der Waals surface area contributed by atoms with Gasteiger partial charge in [0.1, 0.15) is 4.90 Å². The summed E-state index contributed by atoms with van der Waals surface area (Å²) in [5, 5.41) is 3.00. The van der Waals surface area contributed by atoms with Crippen molar-refractivity contribution in [2.24, 2.45) is 5.92 Å². The topological polar surface area (TPSA) is 79.4 Å². The van der Waals surface area contributed by atoms with Gasteiger partial charge in [-0.05, 0) is 56.4 Å². The van der Waals surface area contributed by atoms with Crippen molar-refractivity contribution in [2.45, 2.75) is 31.6 Å². The van der Waals surface area contributed by atoms with E-state index in [0.29, 0.717) is 25.2 Å². The fourth-order valence-corrected chi connectivity index (χ4v) is 4.84. The van der Waals surface area contributed by atoms with Crippen LogP contribution in [0.1, 0.15) is 34.3 Å². The van der Waals surface area contributed by atoms with Crippen molar-refractivity contribution in [3.05, 3.63) is 59.4 Å². The molecule has 3 rings (SSSR count). The summed E-state index contributed by atoms with van der Waals surface area (Å²) in [7, 11) is -3.49. The maximum Gasteiger partial charge on any atom is 0.251 e. The summed E-state index contributed by atoms with van der Waals surface area (Å²) in [5.74, 6) is 0.206. The summed E-state index contributed by atoms with van der Waals surface area (Å²) < 4.78 is 26.8. The Kier molecular flexibility index (Phi) is 5.92. The lowest BCUT2D eigenvalue weighted by Crippen LogP contribution is -2.41. The summed E-state index contributed by atoms with van der Waals surface area (Å²) in [5.41, 5.74) is 2.79. The summed E-state index contributed by atoms with van der Waals surface area (Å²) in [6, 6.07) is 8.98. The number of aryl methyl sites for hydroxylation is 2. The first kappa shape index (κ1) is 19.5. The van der Waals surface area contributed by atoms with Gasteiger partial charge in [0.2, 0.25) is 10.0 Å². The lowest BCUT2D eigenvalue weighted by Gasteiger charge is -2.31. The van der Waals surface area contributed by atoms with Crippen molar-refractivity contribution in [1.29, 1.82) is 0 Å². The highest BCUT2D eigenvalue weighted by atomic mass is 32.2. The van der Waals surface area contributed by atoms with Gasteiger partial charge in [-0.1, -0.05) is 17.7 Å². The molecule has 0 spiro atoms. The Morgan fingerprint density at radius 2 is 1.96 bits per heavy atom. The number of pyridine rings is 1. The molecule has 0 aliphatic carbocycles. The van der Waals surface area contributed by atoms with Crippen molar-refractivity contribution in [3.8, 4) is 0 Å². The molecule has 1 aromatic carbocycles. The molecule has 1 saturated heterocycles. The molecule has 1 amide bonds. The number of hydrogen-bond donors (Lipinski definition) is 1. The third-order valence-corrected chi connectivity index (χ3v) is 6.91. The van der Waals surface area contributed by atoms with E-state index in [1.807, 2.05) is 32.0 Å². The predicted octanol–water partition coefficient (Wildman–Crippen LogP) is 2.53. The Morgan fingerprint density at radius 3 is 2.59 bits per heavy atom. The minimum atomic E-state index is -3.49. The number of hydrogen-bond acceptors (Lipinski definition) is 4. The molecular weight excluding hydrogens is 362 g/mol. The highest BCUT2D eigenvalue weighted by molar-refractivity contribution is 7.89. The first-order valence-corrected chi connectivity index (χ1v) is 10.6. The molecule has 1 aliphatic heterocycles. The van der Waals surface area contributed by atoms with Crippen molar-refractivity contribution in [1.82, 2.24) is 14.6 Å². The summed E-state index contributed by atoms with van der Waals surface area (Å²) in [6.07, 6.45) is 4.40. The van der Waals surface area contributed by atoms with Crippen LogP contribution >= 0.6 is 0 Å². The average Bonchev–Trinajstić information content (AvgIpc) is 2.67. The van der Waals surface area contributed by atoms with E-state index in [1.54, 1.807) is 18.3 Å². The number of amides is 1. The number of carbonyl (C=O) groups excluding carboxylic acids is 1. The summed E-state index contributed by atoms with van der Waals surface area (Å²) in [6.45, 7) is 5.42. The van der Waals surface area contributed by atoms with Crippen molar-refractivity contribution >= 4 is 15.9 Å². The fourth-order valence-electron chi connectivity index (χ4n) is 3.40. The molecule has 1 aromatic heterocycles. The Balaban J connectivity index is 1.53. The van der Waals surface area contributed by atoms with E-state index in [2.05, 4.69) is 10.3 Å². The number of sulfonamides is 1. The van der Waals surface area contributed by atoms with Crippen LogP contribution in [0, 0.1) is 19.8 Å². The van der Waals surface area contributed by atoms with Gasteiger partial charge >= 0.3 is 0 Å². The Morgan fingerprint density at radius 1 is 1.22 bits per heavy atom. The van der Waals surface area contributed by atoms with Gasteiger partial charge < -0.3 is 5.32 Å². The number of nitrogens with one attached hydrogen (secondary N) is 1. The van der Waals surface area contributed by atoms with Gasteiger partial charge in [0.05, 0.1) is 0 Å². The molecule has 144 valence electrons. The minimum Gasteiger partial charge on any atom is -0.352 e. The first-order valence-electron chi connectivity index (χ1n) is 9.13. The molecule has 0 radical (unpaired) electrons. The standard InChI is InChI=1S/C20H25N3O3S/c1-15-5-6-19(16(2)12-15)20(24)22-13-17-7-10-23(11-8-17)27(25,26)18-4-3-9-21-14-18/h3-6,9,12,14,17H,7-8,10-11,13H2,1-2H3,(H,22,24). The zero-order chi connectivity index (χ0) is 19.4. The first-order chi connectivity index (χ1) is 12.9. The molecule has 1 N–H and O–H groups in total. The number of aromatic nitrogens is 1. The third kappa shape index (κ3) is 4.54. The van der Waals surface area contributed by atoms with Gasteiger partial charge in [-0.2, -0.15) is 4.31 Å². The van der Waals surface area contributed by atoms with Crippen molar-refractivity contribution < 1.29 is 13.2 Å². The second kappa shape index (κ2) is 8.19. The molecule has 0 unspecified atom stereocenters. The zero-order valence-corrected chi connectivity index (χ0v) is 16.5.